The fourth-order valence-corrected chi connectivity index (χ4v) is 4.15. The van der Waals surface area contributed by atoms with Crippen molar-refractivity contribution in [1.29, 1.82) is 0 Å². The standard InChI is InChI=1S/C18H24N4S.HI/c1-3-15-13-22(10-11-23-15)18(19-2)21-12-14-8-9-20-17-7-5-4-6-16(14)17;/h4-9,15H,3,10-13H2,1-2H3,(H,19,21);1H. The first-order valence-corrected chi connectivity index (χ1v) is 9.26. The van der Waals surface area contributed by atoms with Crippen LogP contribution in [0.2, 0.25) is 0 Å². The zero-order valence-electron chi connectivity index (χ0n) is 14.2. The minimum atomic E-state index is 0. The van der Waals surface area contributed by atoms with Gasteiger partial charge >= 0.3 is 0 Å². The first kappa shape index (κ1) is 19.3. The molecule has 1 aromatic carbocycles. The fourth-order valence-electron chi connectivity index (χ4n) is 2.97. The second-order valence-electron chi connectivity index (χ2n) is 5.74. The molecule has 1 aliphatic rings. The van der Waals surface area contributed by atoms with Crippen molar-refractivity contribution in [2.24, 2.45) is 4.99 Å². The van der Waals surface area contributed by atoms with Crippen molar-refractivity contribution in [3.8, 4) is 0 Å². The van der Waals surface area contributed by atoms with Gasteiger partial charge in [0.25, 0.3) is 0 Å². The number of hydrogen-bond acceptors (Lipinski definition) is 3. The molecule has 1 unspecified atom stereocenters. The lowest BCUT2D eigenvalue weighted by atomic mass is 10.1. The Morgan fingerprint density at radius 1 is 1.38 bits per heavy atom. The molecule has 0 radical (unpaired) electrons. The van der Waals surface area contributed by atoms with Crippen LogP contribution in [0.25, 0.3) is 10.9 Å². The van der Waals surface area contributed by atoms with Crippen LogP contribution < -0.4 is 5.32 Å². The Hall–Kier alpha value is -1.02. The lowest BCUT2D eigenvalue weighted by Crippen LogP contribution is -2.47. The molecule has 0 saturated carbocycles. The average molecular weight is 456 g/mol. The molecule has 1 N–H and O–H groups in total. The van der Waals surface area contributed by atoms with E-state index < -0.39 is 0 Å². The molecule has 6 heteroatoms. The molecule has 2 aromatic rings. The van der Waals surface area contributed by atoms with Gasteiger partial charge in [0.05, 0.1) is 5.52 Å². The molecule has 1 saturated heterocycles. The maximum Gasteiger partial charge on any atom is 0.193 e. The summed E-state index contributed by atoms with van der Waals surface area (Å²) in [5.41, 5.74) is 2.30. The summed E-state index contributed by atoms with van der Waals surface area (Å²) in [7, 11) is 1.87. The number of halogens is 1. The molecular weight excluding hydrogens is 431 g/mol. The first-order chi connectivity index (χ1) is 11.3. The van der Waals surface area contributed by atoms with Crippen LogP contribution in [0.4, 0.5) is 0 Å². The van der Waals surface area contributed by atoms with Crippen molar-refractivity contribution in [2.75, 3.05) is 25.9 Å². The Kier molecular flexibility index (Phi) is 7.61. The normalized spacial score (nSPS) is 18.3. The van der Waals surface area contributed by atoms with Gasteiger partial charge in [-0.1, -0.05) is 25.1 Å². The van der Waals surface area contributed by atoms with Crippen molar-refractivity contribution < 1.29 is 0 Å². The quantitative estimate of drug-likeness (QED) is 0.434. The van der Waals surface area contributed by atoms with E-state index in [1.54, 1.807) is 0 Å². The number of aromatic nitrogens is 1. The summed E-state index contributed by atoms with van der Waals surface area (Å²) in [5.74, 6) is 2.18. The molecule has 1 atom stereocenters. The summed E-state index contributed by atoms with van der Waals surface area (Å²) in [6.07, 6.45) is 3.10. The van der Waals surface area contributed by atoms with Crippen LogP contribution in [0.5, 0.6) is 0 Å². The van der Waals surface area contributed by atoms with Crippen LogP contribution in [0.1, 0.15) is 18.9 Å². The van der Waals surface area contributed by atoms with Crippen molar-refractivity contribution in [3.05, 3.63) is 42.1 Å². The van der Waals surface area contributed by atoms with Crippen LogP contribution in [0.15, 0.2) is 41.5 Å². The van der Waals surface area contributed by atoms with E-state index in [0.29, 0.717) is 5.25 Å². The zero-order chi connectivity index (χ0) is 16.1. The third-order valence-corrected chi connectivity index (χ3v) is 5.65. The molecule has 0 spiro atoms. The summed E-state index contributed by atoms with van der Waals surface area (Å²) in [6.45, 7) is 5.19. The first-order valence-electron chi connectivity index (χ1n) is 8.21. The third kappa shape index (κ3) is 4.53. The summed E-state index contributed by atoms with van der Waals surface area (Å²) in [5, 5.41) is 5.45. The van der Waals surface area contributed by atoms with Gasteiger partial charge in [-0.3, -0.25) is 9.98 Å². The van der Waals surface area contributed by atoms with E-state index in [9.17, 15) is 0 Å². The van der Waals surface area contributed by atoms with E-state index in [1.165, 1.54) is 23.1 Å². The van der Waals surface area contributed by atoms with E-state index >= 15 is 0 Å². The molecule has 130 valence electrons. The van der Waals surface area contributed by atoms with E-state index in [-0.39, 0.29) is 24.0 Å². The summed E-state index contributed by atoms with van der Waals surface area (Å²) in [4.78, 5) is 11.3. The second kappa shape index (κ2) is 9.46. The molecule has 1 aliphatic heterocycles. The predicted molar refractivity (Wildman–Crippen MR) is 115 cm³/mol. The molecular formula is C18H25IN4S. The van der Waals surface area contributed by atoms with Gasteiger partial charge in [0, 0.05) is 49.3 Å². The molecule has 1 aromatic heterocycles. The van der Waals surface area contributed by atoms with Gasteiger partial charge in [0.2, 0.25) is 0 Å². The lowest BCUT2D eigenvalue weighted by Gasteiger charge is -2.34. The number of nitrogens with one attached hydrogen (secondary N) is 1. The van der Waals surface area contributed by atoms with Gasteiger partial charge in [0.1, 0.15) is 0 Å². The molecule has 1 fully saturated rings. The minimum Gasteiger partial charge on any atom is -0.352 e. The van der Waals surface area contributed by atoms with E-state index in [1.807, 2.05) is 19.3 Å². The Labute approximate surface area is 165 Å². The highest BCUT2D eigenvalue weighted by atomic mass is 127. The van der Waals surface area contributed by atoms with Gasteiger partial charge in [-0.05, 0) is 24.1 Å². The van der Waals surface area contributed by atoms with Crippen LogP contribution in [-0.4, -0.2) is 47.0 Å². The van der Waals surface area contributed by atoms with Crippen molar-refractivity contribution in [3.63, 3.8) is 0 Å². The van der Waals surface area contributed by atoms with Crippen molar-refractivity contribution >= 4 is 52.6 Å². The highest BCUT2D eigenvalue weighted by Crippen LogP contribution is 2.21. The molecule has 0 bridgehead atoms. The van der Waals surface area contributed by atoms with Gasteiger partial charge in [0.15, 0.2) is 5.96 Å². The van der Waals surface area contributed by atoms with Gasteiger partial charge in [-0.15, -0.1) is 24.0 Å². The highest BCUT2D eigenvalue weighted by Gasteiger charge is 2.21. The number of benzene rings is 1. The Morgan fingerprint density at radius 3 is 3.00 bits per heavy atom. The summed E-state index contributed by atoms with van der Waals surface area (Å²) >= 11 is 2.08. The second-order valence-corrected chi connectivity index (χ2v) is 7.14. The SMILES string of the molecule is CCC1CN(C(=NC)NCc2ccnc3ccccc23)CCS1.I. The van der Waals surface area contributed by atoms with Crippen LogP contribution in [-0.2, 0) is 6.54 Å². The molecule has 4 nitrogen and oxygen atoms in total. The molecule has 3 rings (SSSR count). The minimum absolute atomic E-state index is 0. The number of fused-ring (bicyclic) bond motifs is 1. The van der Waals surface area contributed by atoms with Crippen molar-refractivity contribution in [1.82, 2.24) is 15.2 Å². The number of nitrogens with zero attached hydrogens (tertiary/aromatic N) is 3. The van der Waals surface area contributed by atoms with Crippen molar-refractivity contribution in [2.45, 2.75) is 25.1 Å². The largest absolute Gasteiger partial charge is 0.352 e. The number of guanidine groups is 1. The van der Waals surface area contributed by atoms with E-state index in [4.69, 9.17) is 0 Å². The Balaban J connectivity index is 0.00000208. The topological polar surface area (TPSA) is 40.5 Å². The monoisotopic (exact) mass is 456 g/mol. The molecule has 0 amide bonds. The number of aliphatic imine (C=N–C) groups is 1. The number of thioether (sulfide) groups is 1. The van der Waals surface area contributed by atoms with Crippen LogP contribution in [0, 0.1) is 0 Å². The predicted octanol–water partition coefficient (Wildman–Crippen LogP) is 3.76. The van der Waals surface area contributed by atoms with E-state index in [0.717, 1.165) is 31.1 Å². The molecule has 0 aliphatic carbocycles. The van der Waals surface area contributed by atoms with Gasteiger partial charge in [-0.2, -0.15) is 11.8 Å². The summed E-state index contributed by atoms with van der Waals surface area (Å²) in [6, 6.07) is 10.4. The Bertz CT molecular complexity index is 686. The fraction of sp³-hybridized carbons (Fsp3) is 0.444. The lowest BCUT2D eigenvalue weighted by molar-refractivity contribution is 0.408. The molecule has 24 heavy (non-hydrogen) atoms. The van der Waals surface area contributed by atoms with Crippen LogP contribution in [0.3, 0.4) is 0 Å². The molecule has 2 heterocycles. The van der Waals surface area contributed by atoms with Gasteiger partial charge < -0.3 is 10.2 Å². The van der Waals surface area contributed by atoms with E-state index in [2.05, 4.69) is 63.1 Å². The maximum atomic E-state index is 4.48. The highest BCUT2D eigenvalue weighted by molar-refractivity contribution is 14.0. The smallest absolute Gasteiger partial charge is 0.193 e. The maximum absolute atomic E-state index is 4.48. The number of hydrogen-bond donors (Lipinski definition) is 1. The van der Waals surface area contributed by atoms with Crippen LogP contribution >= 0.6 is 35.7 Å². The zero-order valence-corrected chi connectivity index (χ0v) is 17.4. The number of para-hydroxylation sites is 1. The van der Waals surface area contributed by atoms with Gasteiger partial charge in [-0.25, -0.2) is 0 Å². The summed E-state index contributed by atoms with van der Waals surface area (Å²) < 4.78 is 0. The number of pyridine rings is 1. The Morgan fingerprint density at radius 2 is 2.21 bits per heavy atom. The number of rotatable bonds is 3. The average Bonchev–Trinajstić information content (AvgIpc) is 2.62. The third-order valence-electron chi connectivity index (χ3n) is 4.28.